The number of nitrogens with zero attached hydrogens (tertiary/aromatic N) is 1. The number of H-pyrrole nitrogens is 1. The van der Waals surface area contributed by atoms with Gasteiger partial charge in [0, 0.05) is 25.7 Å². The first-order valence-electron chi connectivity index (χ1n) is 6.38. The van der Waals surface area contributed by atoms with E-state index in [0.717, 1.165) is 18.7 Å². The van der Waals surface area contributed by atoms with E-state index in [0.29, 0.717) is 6.54 Å². The van der Waals surface area contributed by atoms with Gasteiger partial charge in [0.1, 0.15) is 5.69 Å². The Morgan fingerprint density at radius 1 is 1.20 bits per heavy atom. The molecule has 0 saturated heterocycles. The van der Waals surface area contributed by atoms with E-state index in [9.17, 15) is 9.59 Å². The fraction of sp³-hybridized carbons (Fsp3) is 0.214. The molecule has 3 N–H and O–H groups in total. The zero-order valence-electron chi connectivity index (χ0n) is 10.8. The fourth-order valence-electron chi connectivity index (χ4n) is 2.20. The van der Waals surface area contributed by atoms with Crippen LogP contribution in [0.4, 0.5) is 0 Å². The molecule has 0 spiro atoms. The van der Waals surface area contributed by atoms with Gasteiger partial charge < -0.3 is 10.6 Å². The molecule has 1 aliphatic heterocycles. The van der Waals surface area contributed by atoms with Crippen LogP contribution in [0.3, 0.4) is 0 Å². The summed E-state index contributed by atoms with van der Waals surface area (Å²) in [6, 6.07) is 8.86. The Balaban J connectivity index is 1.66. The maximum atomic E-state index is 11.9. The highest BCUT2D eigenvalue weighted by Gasteiger charge is 2.11. The molecule has 1 aromatic carbocycles. The third-order valence-electron chi connectivity index (χ3n) is 3.27. The monoisotopic (exact) mass is 270 g/mol. The molecular weight excluding hydrogens is 256 g/mol. The van der Waals surface area contributed by atoms with Gasteiger partial charge in [-0.05, 0) is 22.8 Å². The molecule has 0 fully saturated rings. The van der Waals surface area contributed by atoms with Crippen molar-refractivity contribution in [2.24, 2.45) is 0 Å². The average Bonchev–Trinajstić information content (AvgIpc) is 2.93. The molecule has 1 amide bonds. The number of nitrogens with one attached hydrogen (secondary N) is 3. The van der Waals surface area contributed by atoms with Crippen molar-refractivity contribution in [3.05, 3.63) is 63.1 Å². The minimum Gasteiger partial charge on any atom is -0.347 e. The molecule has 0 bridgehead atoms. The second-order valence-electron chi connectivity index (χ2n) is 4.70. The lowest BCUT2D eigenvalue weighted by Gasteiger charge is -2.06. The summed E-state index contributed by atoms with van der Waals surface area (Å²) in [5, 5.41) is 12.0. The number of amides is 1. The number of benzene rings is 1. The molecule has 2 heterocycles. The Hall–Kier alpha value is -2.47. The van der Waals surface area contributed by atoms with Crippen LogP contribution in [0.5, 0.6) is 0 Å². The molecule has 102 valence electrons. The number of aromatic amines is 1. The number of carbonyl (C=O) groups is 1. The Kier molecular flexibility index (Phi) is 3.30. The van der Waals surface area contributed by atoms with Crippen LogP contribution in [0.2, 0.25) is 0 Å². The Morgan fingerprint density at radius 2 is 2.05 bits per heavy atom. The van der Waals surface area contributed by atoms with Crippen molar-refractivity contribution in [2.75, 3.05) is 0 Å². The maximum Gasteiger partial charge on any atom is 0.271 e. The van der Waals surface area contributed by atoms with Crippen molar-refractivity contribution >= 4 is 5.91 Å². The molecular formula is C14H14N4O2. The predicted molar refractivity (Wildman–Crippen MR) is 73.0 cm³/mol. The van der Waals surface area contributed by atoms with E-state index < -0.39 is 0 Å². The van der Waals surface area contributed by atoms with Crippen LogP contribution in [0.15, 0.2) is 35.1 Å². The zero-order chi connectivity index (χ0) is 13.9. The summed E-state index contributed by atoms with van der Waals surface area (Å²) in [7, 11) is 0. The minimum atomic E-state index is -0.326. The first-order chi connectivity index (χ1) is 9.72. The standard InChI is InChI=1S/C14H14N4O2/c19-13-4-3-12(17-18-13)14(20)16-6-9-1-2-10-7-15-8-11(10)5-9/h1-5,15H,6-8H2,(H,16,20)(H,18,19). The van der Waals surface area contributed by atoms with Crippen molar-refractivity contribution in [3.8, 4) is 0 Å². The van der Waals surface area contributed by atoms with Crippen molar-refractivity contribution < 1.29 is 4.79 Å². The Labute approximate surface area is 115 Å². The topological polar surface area (TPSA) is 86.9 Å². The summed E-state index contributed by atoms with van der Waals surface area (Å²) in [4.78, 5) is 22.7. The molecule has 0 atom stereocenters. The third kappa shape index (κ3) is 2.60. The van der Waals surface area contributed by atoms with Crippen molar-refractivity contribution in [2.45, 2.75) is 19.6 Å². The average molecular weight is 270 g/mol. The summed E-state index contributed by atoms with van der Waals surface area (Å²) in [5.74, 6) is -0.306. The van der Waals surface area contributed by atoms with Crippen LogP contribution < -0.4 is 16.2 Å². The van der Waals surface area contributed by atoms with E-state index in [1.165, 1.54) is 23.3 Å². The summed E-state index contributed by atoms with van der Waals surface area (Å²) < 4.78 is 0. The van der Waals surface area contributed by atoms with E-state index in [4.69, 9.17) is 0 Å². The van der Waals surface area contributed by atoms with Crippen LogP contribution in [-0.2, 0) is 19.6 Å². The van der Waals surface area contributed by atoms with Crippen molar-refractivity contribution in [3.63, 3.8) is 0 Å². The number of hydrogen-bond donors (Lipinski definition) is 3. The number of hydrogen-bond acceptors (Lipinski definition) is 4. The maximum absolute atomic E-state index is 11.9. The second kappa shape index (κ2) is 5.26. The van der Waals surface area contributed by atoms with E-state index in [2.05, 4.69) is 33.0 Å². The Morgan fingerprint density at radius 3 is 2.85 bits per heavy atom. The summed E-state index contributed by atoms with van der Waals surface area (Å²) in [6.07, 6.45) is 0. The first-order valence-corrected chi connectivity index (χ1v) is 6.38. The van der Waals surface area contributed by atoms with Gasteiger partial charge in [-0.3, -0.25) is 9.59 Å². The predicted octanol–water partition coefficient (Wildman–Crippen LogP) is 0.303. The smallest absolute Gasteiger partial charge is 0.271 e. The van der Waals surface area contributed by atoms with Gasteiger partial charge in [0.25, 0.3) is 11.5 Å². The van der Waals surface area contributed by atoms with Gasteiger partial charge in [0.15, 0.2) is 0 Å². The molecule has 6 nitrogen and oxygen atoms in total. The minimum absolute atomic E-state index is 0.201. The van der Waals surface area contributed by atoms with Crippen LogP contribution in [0, 0.1) is 0 Å². The van der Waals surface area contributed by atoms with Gasteiger partial charge in [-0.2, -0.15) is 5.10 Å². The molecule has 2 aromatic rings. The lowest BCUT2D eigenvalue weighted by atomic mass is 10.1. The van der Waals surface area contributed by atoms with Gasteiger partial charge >= 0.3 is 0 Å². The first kappa shape index (κ1) is 12.6. The molecule has 0 unspecified atom stereocenters. The zero-order valence-corrected chi connectivity index (χ0v) is 10.8. The second-order valence-corrected chi connectivity index (χ2v) is 4.70. The van der Waals surface area contributed by atoms with Crippen LogP contribution >= 0.6 is 0 Å². The summed E-state index contributed by atoms with van der Waals surface area (Å²) in [5.41, 5.74) is 3.51. The highest BCUT2D eigenvalue weighted by Crippen LogP contribution is 2.16. The van der Waals surface area contributed by atoms with Gasteiger partial charge in [-0.1, -0.05) is 18.2 Å². The molecule has 3 rings (SSSR count). The number of fused-ring (bicyclic) bond motifs is 1. The van der Waals surface area contributed by atoms with Crippen molar-refractivity contribution in [1.82, 2.24) is 20.8 Å². The van der Waals surface area contributed by atoms with Crippen LogP contribution in [0.25, 0.3) is 0 Å². The molecule has 0 aliphatic carbocycles. The third-order valence-corrected chi connectivity index (χ3v) is 3.27. The van der Waals surface area contributed by atoms with Gasteiger partial charge in [-0.25, -0.2) is 5.10 Å². The van der Waals surface area contributed by atoms with Gasteiger partial charge in [0.2, 0.25) is 0 Å². The van der Waals surface area contributed by atoms with E-state index in [1.807, 2.05) is 6.07 Å². The summed E-state index contributed by atoms with van der Waals surface area (Å²) >= 11 is 0. The molecule has 0 saturated carbocycles. The quantitative estimate of drug-likeness (QED) is 0.749. The number of carbonyl (C=O) groups excluding carboxylic acids is 1. The van der Waals surface area contributed by atoms with E-state index in [1.54, 1.807) is 0 Å². The number of aromatic nitrogens is 2. The molecule has 1 aromatic heterocycles. The molecule has 0 radical (unpaired) electrons. The van der Waals surface area contributed by atoms with Crippen molar-refractivity contribution in [1.29, 1.82) is 0 Å². The van der Waals surface area contributed by atoms with E-state index >= 15 is 0 Å². The highest BCUT2D eigenvalue weighted by molar-refractivity contribution is 5.91. The molecule has 6 heteroatoms. The largest absolute Gasteiger partial charge is 0.347 e. The lowest BCUT2D eigenvalue weighted by molar-refractivity contribution is 0.0945. The van der Waals surface area contributed by atoms with Gasteiger partial charge in [-0.15, -0.1) is 0 Å². The highest BCUT2D eigenvalue weighted by atomic mass is 16.2. The number of rotatable bonds is 3. The molecule has 20 heavy (non-hydrogen) atoms. The van der Waals surface area contributed by atoms with Crippen LogP contribution in [-0.4, -0.2) is 16.1 Å². The fourth-order valence-corrected chi connectivity index (χ4v) is 2.20. The van der Waals surface area contributed by atoms with E-state index in [-0.39, 0.29) is 17.2 Å². The molecule has 1 aliphatic rings. The normalized spacial score (nSPS) is 13.0. The van der Waals surface area contributed by atoms with Gasteiger partial charge in [0.05, 0.1) is 0 Å². The summed E-state index contributed by atoms with van der Waals surface area (Å²) in [6.45, 7) is 2.22. The lowest BCUT2D eigenvalue weighted by Crippen LogP contribution is -2.25. The Bertz CT molecular complexity index is 688. The SMILES string of the molecule is O=C(NCc1ccc2c(c1)CNC2)c1ccc(=O)[nH]n1. The van der Waals surface area contributed by atoms with Crippen LogP contribution in [0.1, 0.15) is 27.2 Å².